The van der Waals surface area contributed by atoms with Gasteiger partial charge in [0.15, 0.2) is 0 Å². The Morgan fingerprint density at radius 1 is 1.31 bits per heavy atom. The maximum Gasteiger partial charge on any atom is 0.307 e. The fourth-order valence-electron chi connectivity index (χ4n) is 4.23. The Hall–Kier alpha value is -1.64. The van der Waals surface area contributed by atoms with E-state index < -0.39 is 11.6 Å². The topological polar surface area (TPSA) is 74.6 Å². The first-order valence-electron chi connectivity index (χ1n) is 9.95. The van der Waals surface area contributed by atoms with Gasteiger partial charge in [0.25, 0.3) is 0 Å². The maximum absolute atomic E-state index is 12.2. The van der Waals surface area contributed by atoms with Gasteiger partial charge in [0.1, 0.15) is 5.78 Å². The summed E-state index contributed by atoms with van der Waals surface area (Å²) in [6.45, 7) is 1.96. The molecule has 1 unspecified atom stereocenters. The summed E-state index contributed by atoms with van der Waals surface area (Å²) in [5.41, 5.74) is 3.40. The van der Waals surface area contributed by atoms with Crippen LogP contribution in [0.5, 0.6) is 0 Å². The van der Waals surface area contributed by atoms with Crippen molar-refractivity contribution in [3.63, 3.8) is 0 Å². The molecule has 2 atom stereocenters. The molecule has 0 aliphatic heterocycles. The van der Waals surface area contributed by atoms with Crippen molar-refractivity contribution in [2.24, 2.45) is 11.8 Å². The number of hydrogen-bond acceptors (Lipinski definition) is 3. The van der Waals surface area contributed by atoms with E-state index in [1.54, 1.807) is 0 Å². The van der Waals surface area contributed by atoms with Crippen molar-refractivity contribution < 1.29 is 19.8 Å². The second kappa shape index (κ2) is 9.89. The number of carbonyl (C=O) groups excluding carboxylic acids is 1. The highest BCUT2D eigenvalue weighted by atomic mass is 16.4. The van der Waals surface area contributed by atoms with Crippen LogP contribution in [0.3, 0.4) is 0 Å². The lowest BCUT2D eigenvalue weighted by atomic mass is 9.75. The van der Waals surface area contributed by atoms with Crippen molar-refractivity contribution in [3.05, 3.63) is 29.5 Å². The van der Waals surface area contributed by atoms with E-state index in [0.29, 0.717) is 18.8 Å². The van der Waals surface area contributed by atoms with Gasteiger partial charge >= 0.3 is 5.97 Å². The van der Waals surface area contributed by atoms with Crippen molar-refractivity contribution >= 4 is 11.8 Å². The average molecular weight is 360 g/mol. The molecule has 0 heterocycles. The molecule has 4 nitrogen and oxygen atoms in total. The molecule has 2 aliphatic rings. The fourth-order valence-corrected chi connectivity index (χ4v) is 4.23. The van der Waals surface area contributed by atoms with Gasteiger partial charge in [-0.25, -0.2) is 0 Å². The third-order valence-electron chi connectivity index (χ3n) is 5.92. The molecule has 0 radical (unpaired) electrons. The minimum absolute atomic E-state index is 0.0275. The normalized spacial score (nSPS) is 23.1. The number of allylic oxidation sites excluding steroid dienone is 2. The molecular formula is C22H32O4. The molecule has 144 valence electrons. The second-order valence-electron chi connectivity index (χ2n) is 7.94. The number of aliphatic hydroxyl groups is 1. The van der Waals surface area contributed by atoms with Crippen molar-refractivity contribution in [1.29, 1.82) is 0 Å². The number of ketones is 1. The lowest BCUT2D eigenvalue weighted by molar-refractivity contribution is -0.136. The average Bonchev–Trinajstić information content (AvgIpc) is 2.97. The third kappa shape index (κ3) is 6.26. The van der Waals surface area contributed by atoms with E-state index in [2.05, 4.69) is 5.73 Å². The first-order chi connectivity index (χ1) is 12.4. The molecule has 2 aliphatic carbocycles. The third-order valence-corrected chi connectivity index (χ3v) is 5.92. The summed E-state index contributed by atoms with van der Waals surface area (Å²) in [5, 5.41) is 19.5. The first-order valence-corrected chi connectivity index (χ1v) is 9.95. The summed E-state index contributed by atoms with van der Waals surface area (Å²) in [6, 6.07) is 0. The Labute approximate surface area is 156 Å². The molecule has 26 heavy (non-hydrogen) atoms. The Balaban J connectivity index is 1.82. The molecule has 0 aromatic rings. The SMILES string of the molecule is CC(O)(CCC1=CCC(=O)[C@@H]1CCC=C=CCC(=O)O)C1CCCCC1. The number of carboxylic acids is 1. The molecule has 1 fully saturated rings. The first kappa shape index (κ1) is 20.7. The standard InChI is InChI=1S/C22H32O4/c1-22(26,18-9-5-4-6-10-18)16-15-17-13-14-20(23)19(17)11-7-2-3-8-12-21(24)25/h2,8,13,18-19,26H,4-7,9-12,14-16H2,1H3,(H,24,25)/t3?,19-,22?/m1/s1. The summed E-state index contributed by atoms with van der Waals surface area (Å²) in [7, 11) is 0. The van der Waals surface area contributed by atoms with Crippen LogP contribution < -0.4 is 0 Å². The minimum Gasteiger partial charge on any atom is -0.481 e. The van der Waals surface area contributed by atoms with Crippen LogP contribution in [0.2, 0.25) is 0 Å². The molecule has 2 N–H and O–H groups in total. The number of Topliss-reactive ketones (excluding diaryl/α,β-unsaturated/α-hetero) is 1. The van der Waals surface area contributed by atoms with Gasteiger partial charge in [-0.2, -0.15) is 0 Å². The zero-order valence-electron chi connectivity index (χ0n) is 15.9. The molecule has 4 heteroatoms. The van der Waals surface area contributed by atoms with Crippen LogP contribution in [0.15, 0.2) is 29.5 Å². The van der Waals surface area contributed by atoms with Gasteiger partial charge in [-0.3, -0.25) is 9.59 Å². The van der Waals surface area contributed by atoms with Gasteiger partial charge in [-0.05, 0) is 63.5 Å². The molecule has 1 saturated carbocycles. The van der Waals surface area contributed by atoms with E-state index in [9.17, 15) is 14.7 Å². The molecule has 0 spiro atoms. The highest BCUT2D eigenvalue weighted by Gasteiger charge is 2.34. The van der Waals surface area contributed by atoms with Gasteiger partial charge in [-0.15, -0.1) is 5.73 Å². The lowest BCUT2D eigenvalue weighted by Gasteiger charge is -2.36. The smallest absolute Gasteiger partial charge is 0.307 e. The highest BCUT2D eigenvalue weighted by Crippen LogP contribution is 2.38. The van der Waals surface area contributed by atoms with Crippen LogP contribution in [0.25, 0.3) is 0 Å². The molecule has 0 aromatic carbocycles. The number of rotatable bonds is 9. The Morgan fingerprint density at radius 2 is 2.04 bits per heavy atom. The molecule has 0 aromatic heterocycles. The molecular weight excluding hydrogens is 328 g/mol. The van der Waals surface area contributed by atoms with Crippen LogP contribution in [-0.2, 0) is 9.59 Å². The summed E-state index contributed by atoms with van der Waals surface area (Å²) >= 11 is 0. The Morgan fingerprint density at radius 3 is 2.73 bits per heavy atom. The molecule has 0 amide bonds. The van der Waals surface area contributed by atoms with Crippen LogP contribution in [0.4, 0.5) is 0 Å². The van der Waals surface area contributed by atoms with Crippen molar-refractivity contribution in [2.75, 3.05) is 0 Å². The largest absolute Gasteiger partial charge is 0.481 e. The minimum atomic E-state index is -0.868. The zero-order valence-corrected chi connectivity index (χ0v) is 15.9. The zero-order chi connectivity index (χ0) is 19.0. The maximum atomic E-state index is 12.2. The van der Waals surface area contributed by atoms with Gasteiger partial charge < -0.3 is 10.2 Å². The Kier molecular flexibility index (Phi) is 7.86. The van der Waals surface area contributed by atoms with Gasteiger partial charge in [-0.1, -0.05) is 30.9 Å². The van der Waals surface area contributed by atoms with Crippen molar-refractivity contribution in [3.8, 4) is 0 Å². The van der Waals surface area contributed by atoms with E-state index in [1.165, 1.54) is 30.9 Å². The van der Waals surface area contributed by atoms with Crippen molar-refractivity contribution in [1.82, 2.24) is 0 Å². The predicted octanol–water partition coefficient (Wildman–Crippen LogP) is 4.58. The molecule has 0 bridgehead atoms. The summed E-state index contributed by atoms with van der Waals surface area (Å²) in [6.07, 6.45) is 14.7. The Bertz CT molecular complexity index is 587. The van der Waals surface area contributed by atoms with Crippen LogP contribution in [0.1, 0.15) is 77.6 Å². The molecule has 2 rings (SSSR count). The monoisotopic (exact) mass is 360 g/mol. The molecule has 0 saturated heterocycles. The summed E-state index contributed by atoms with van der Waals surface area (Å²) in [4.78, 5) is 22.6. The van der Waals surface area contributed by atoms with E-state index in [0.717, 1.165) is 32.1 Å². The van der Waals surface area contributed by atoms with Gasteiger partial charge in [0.05, 0.1) is 12.0 Å². The highest BCUT2D eigenvalue weighted by molar-refractivity contribution is 5.88. The number of hydrogen-bond donors (Lipinski definition) is 2. The van der Waals surface area contributed by atoms with E-state index >= 15 is 0 Å². The number of carbonyl (C=O) groups is 2. The predicted molar refractivity (Wildman–Crippen MR) is 102 cm³/mol. The summed E-state index contributed by atoms with van der Waals surface area (Å²) in [5.74, 6) is -0.267. The summed E-state index contributed by atoms with van der Waals surface area (Å²) < 4.78 is 0. The second-order valence-corrected chi connectivity index (χ2v) is 7.94. The van der Waals surface area contributed by atoms with Crippen LogP contribution in [-0.4, -0.2) is 27.6 Å². The quantitative estimate of drug-likeness (QED) is 0.466. The fraction of sp³-hybridized carbons (Fsp3) is 0.682. The van der Waals surface area contributed by atoms with E-state index in [1.807, 2.05) is 19.1 Å². The van der Waals surface area contributed by atoms with E-state index in [4.69, 9.17) is 5.11 Å². The van der Waals surface area contributed by atoms with Crippen LogP contribution in [0, 0.1) is 11.8 Å². The lowest BCUT2D eigenvalue weighted by Crippen LogP contribution is -2.36. The van der Waals surface area contributed by atoms with E-state index in [-0.39, 0.29) is 18.1 Å². The van der Waals surface area contributed by atoms with Gasteiger partial charge in [0.2, 0.25) is 0 Å². The van der Waals surface area contributed by atoms with Crippen LogP contribution >= 0.6 is 0 Å². The van der Waals surface area contributed by atoms with Gasteiger partial charge in [0, 0.05) is 12.3 Å². The van der Waals surface area contributed by atoms with Crippen molar-refractivity contribution in [2.45, 2.75) is 83.2 Å². The number of aliphatic carboxylic acids is 1. The number of carboxylic acid groups (broad SMARTS) is 1.